The highest BCUT2D eigenvalue weighted by atomic mass is 35.5. The highest BCUT2D eigenvalue weighted by molar-refractivity contribution is 7.34. The van der Waals surface area contributed by atoms with Crippen LogP contribution >= 0.6 is 19.8 Å². The summed E-state index contributed by atoms with van der Waals surface area (Å²) in [6.07, 6.45) is 1.94. The molecule has 2 atom stereocenters. The van der Waals surface area contributed by atoms with Gasteiger partial charge in [0.2, 0.25) is 5.75 Å². The Morgan fingerprint density at radius 1 is 1.24 bits per heavy atom. The fourth-order valence-electron chi connectivity index (χ4n) is 2.70. The second-order valence-electron chi connectivity index (χ2n) is 6.98. The predicted molar refractivity (Wildman–Crippen MR) is 123 cm³/mol. The Labute approximate surface area is 201 Å². The lowest BCUT2D eigenvalue weighted by Crippen LogP contribution is -2.21. The number of rotatable bonds is 9. The summed E-state index contributed by atoms with van der Waals surface area (Å²) in [6, 6.07) is 11.5. The molecule has 0 aliphatic heterocycles. The third-order valence-corrected chi connectivity index (χ3v) is 5.66. The first-order valence-electron chi connectivity index (χ1n) is 9.96. The van der Waals surface area contributed by atoms with Crippen molar-refractivity contribution in [3.05, 3.63) is 76.6 Å². The van der Waals surface area contributed by atoms with E-state index in [-0.39, 0.29) is 35.2 Å². The molecule has 1 unspecified atom stereocenters. The Bertz CT molecular complexity index is 1220. The normalized spacial score (nSPS) is 12.1. The molecule has 0 aliphatic carbocycles. The number of aromatic hydroxyl groups is 1. The van der Waals surface area contributed by atoms with Gasteiger partial charge in [0.25, 0.3) is 0 Å². The van der Waals surface area contributed by atoms with Crippen LogP contribution in [-0.2, 0) is 11.4 Å². The maximum Gasteiger partial charge on any atom is 0.395 e. The molecule has 176 valence electrons. The molecule has 1 N–H and O–H groups in total. The van der Waals surface area contributed by atoms with Gasteiger partial charge >= 0.3 is 14.1 Å². The zero-order chi connectivity index (χ0) is 24.7. The molecule has 9 nitrogen and oxygen atoms in total. The zero-order valence-corrected chi connectivity index (χ0v) is 19.8. The highest BCUT2D eigenvalue weighted by Crippen LogP contribution is 2.34. The third-order valence-electron chi connectivity index (χ3n) is 4.53. The van der Waals surface area contributed by atoms with E-state index in [0.717, 1.165) is 0 Å². The molecule has 0 saturated heterocycles. The van der Waals surface area contributed by atoms with Crippen LogP contribution in [0.3, 0.4) is 0 Å². The molecule has 0 aliphatic rings. The smallest absolute Gasteiger partial charge is 0.395 e. The van der Waals surface area contributed by atoms with E-state index < -0.39 is 20.2 Å². The number of aldehydes is 1. The first kappa shape index (κ1) is 25.1. The van der Waals surface area contributed by atoms with Crippen molar-refractivity contribution in [1.29, 1.82) is 0 Å². The largest absolute Gasteiger partial charge is 0.575 e. The van der Waals surface area contributed by atoms with Crippen molar-refractivity contribution in [2.24, 2.45) is 4.74 Å². The molecule has 3 rings (SSSR count). The van der Waals surface area contributed by atoms with E-state index in [1.54, 1.807) is 37.3 Å². The van der Waals surface area contributed by atoms with Crippen LogP contribution in [-0.4, -0.2) is 28.4 Å². The summed E-state index contributed by atoms with van der Waals surface area (Å²) >= 11 is 5.80. The summed E-state index contributed by atoms with van der Waals surface area (Å²) in [5.41, 5.74) is 0.748. The summed E-state index contributed by atoms with van der Waals surface area (Å²) in [5.74, 6) is -0.330. The molecule has 1 heterocycles. The third kappa shape index (κ3) is 6.51. The van der Waals surface area contributed by atoms with E-state index in [4.69, 9.17) is 25.6 Å². The van der Waals surface area contributed by atoms with Crippen LogP contribution < -0.4 is 18.9 Å². The molecule has 34 heavy (non-hydrogen) atoms. The maximum atomic E-state index is 12.4. The van der Waals surface area contributed by atoms with E-state index in [0.29, 0.717) is 22.6 Å². The lowest BCUT2D eigenvalue weighted by Gasteiger charge is -2.12. The van der Waals surface area contributed by atoms with Crippen molar-refractivity contribution < 1.29 is 33.6 Å². The average Bonchev–Trinajstić information content (AvgIpc) is 2.82. The monoisotopic (exact) mass is 502 g/mol. The molecule has 0 fully saturated rings. The number of carbonyl (C=O) groups is 2. The predicted octanol–water partition coefficient (Wildman–Crippen LogP) is 4.37. The van der Waals surface area contributed by atoms with Crippen LogP contribution in [0.25, 0.3) is 0 Å². The van der Waals surface area contributed by atoms with Gasteiger partial charge in [0.1, 0.15) is 18.1 Å². The molecule has 0 radical (unpaired) electrons. The minimum atomic E-state index is -2.64. The van der Waals surface area contributed by atoms with Gasteiger partial charge in [-0.25, -0.2) is 4.79 Å². The second-order valence-corrected chi connectivity index (χ2v) is 8.31. The zero-order valence-electron chi connectivity index (χ0n) is 18.2. The van der Waals surface area contributed by atoms with Gasteiger partial charge in [-0.15, -0.1) is 0 Å². The van der Waals surface area contributed by atoms with E-state index in [9.17, 15) is 19.6 Å². The van der Waals surface area contributed by atoms with E-state index in [1.165, 1.54) is 31.3 Å². The van der Waals surface area contributed by atoms with Crippen molar-refractivity contribution in [3.63, 3.8) is 0 Å². The number of aromatic nitrogens is 1. The van der Waals surface area contributed by atoms with Gasteiger partial charge in [-0.05, 0) is 50.2 Å². The van der Waals surface area contributed by atoms with Crippen molar-refractivity contribution in [2.75, 3.05) is 0 Å². The molecule has 0 amide bonds. The molecule has 3 aromatic rings. The SMILES string of the molecule is Cc1ncc(COc2ccccc2O[P+]([O-])=N[C@@H](C)C(=O)Oc2ccc(Cl)cc2)c(C=O)c1O. The van der Waals surface area contributed by atoms with Crippen LogP contribution in [0.5, 0.6) is 23.0 Å². The number of carbonyl (C=O) groups excluding carboxylic acids is 2. The lowest BCUT2D eigenvalue weighted by atomic mass is 10.1. The summed E-state index contributed by atoms with van der Waals surface area (Å²) in [4.78, 5) is 40.0. The van der Waals surface area contributed by atoms with Crippen LogP contribution in [0.1, 0.15) is 28.5 Å². The van der Waals surface area contributed by atoms with Crippen molar-refractivity contribution >= 4 is 32.0 Å². The Hall–Kier alpha value is -3.52. The molecule has 0 bridgehead atoms. The molecule has 0 spiro atoms. The Kier molecular flexibility index (Phi) is 8.54. The molecule has 1 aromatic heterocycles. The molecule has 2 aromatic carbocycles. The maximum absolute atomic E-state index is 12.4. The number of hydrogen-bond donors (Lipinski definition) is 1. The molecular formula is C23H20ClN2O7P. The fraction of sp³-hybridized carbons (Fsp3) is 0.174. The van der Waals surface area contributed by atoms with Crippen molar-refractivity contribution in [1.82, 2.24) is 4.98 Å². The lowest BCUT2D eigenvalue weighted by molar-refractivity contribution is -0.169. The molecule has 0 saturated carbocycles. The number of pyridine rings is 1. The number of esters is 1. The molecular weight excluding hydrogens is 483 g/mol. The highest BCUT2D eigenvalue weighted by Gasteiger charge is 2.21. The number of benzene rings is 2. The quantitative estimate of drug-likeness (QED) is 0.197. The molecule has 11 heteroatoms. The number of nitrogens with zero attached hydrogens (tertiary/aromatic N) is 2. The standard InChI is InChI=1S/C23H20ClN2O7P/c1-14-22(28)19(12-27)16(11-25-14)13-31-20-5-3-4-6-21(20)33-34(30)26-15(2)23(29)32-18-9-7-17(24)8-10-18/h3-12,15,28H,13H2,1-2H3/t15-/m0/s1. The first-order chi connectivity index (χ1) is 16.3. The minimum absolute atomic E-state index is 0.0694. The van der Waals surface area contributed by atoms with Gasteiger partial charge in [-0.3, -0.25) is 14.3 Å². The van der Waals surface area contributed by atoms with Gasteiger partial charge in [-0.1, -0.05) is 28.5 Å². The van der Waals surface area contributed by atoms with Crippen molar-refractivity contribution in [3.8, 4) is 23.0 Å². The van der Waals surface area contributed by atoms with E-state index >= 15 is 0 Å². The number of ether oxygens (including phenoxy) is 2. The van der Waals surface area contributed by atoms with E-state index in [2.05, 4.69) is 9.73 Å². The summed E-state index contributed by atoms with van der Waals surface area (Å²) in [5, 5.41) is 10.5. The average molecular weight is 503 g/mol. The van der Waals surface area contributed by atoms with Crippen molar-refractivity contribution in [2.45, 2.75) is 26.5 Å². The number of aryl methyl sites for hydroxylation is 1. The van der Waals surface area contributed by atoms with Crippen LogP contribution in [0.4, 0.5) is 0 Å². The van der Waals surface area contributed by atoms with Crippen LogP contribution in [0, 0.1) is 6.92 Å². The van der Waals surface area contributed by atoms with Gasteiger partial charge in [0.05, 0.1) is 11.3 Å². The van der Waals surface area contributed by atoms with Crippen LogP contribution in [0.2, 0.25) is 5.02 Å². The Morgan fingerprint density at radius 3 is 2.59 bits per heavy atom. The fourth-order valence-corrected chi connectivity index (χ4v) is 3.57. The number of halogens is 1. The minimum Gasteiger partial charge on any atom is -0.575 e. The summed E-state index contributed by atoms with van der Waals surface area (Å²) in [7, 11) is -2.64. The van der Waals surface area contributed by atoms with E-state index in [1.807, 2.05) is 0 Å². The second kappa shape index (κ2) is 11.6. The summed E-state index contributed by atoms with van der Waals surface area (Å²) in [6.45, 7) is 2.89. The van der Waals surface area contributed by atoms with Gasteiger partial charge in [0, 0.05) is 16.8 Å². The van der Waals surface area contributed by atoms with Gasteiger partial charge < -0.3 is 19.5 Å². The van der Waals surface area contributed by atoms with Gasteiger partial charge in [-0.2, -0.15) is 0 Å². The van der Waals surface area contributed by atoms with Crippen LogP contribution in [0.15, 0.2) is 59.5 Å². The Morgan fingerprint density at radius 2 is 1.91 bits per heavy atom. The summed E-state index contributed by atoms with van der Waals surface area (Å²) < 4.78 is 20.1. The topological polar surface area (TPSA) is 130 Å². The number of para-hydroxylation sites is 2. The number of hydrogen-bond acceptors (Lipinski definition) is 9. The Balaban J connectivity index is 1.67. The first-order valence-corrected chi connectivity index (χ1v) is 11.5. The van der Waals surface area contributed by atoms with Gasteiger partial charge in [0.15, 0.2) is 18.1 Å².